The van der Waals surface area contributed by atoms with Crippen LogP contribution in [-0.4, -0.2) is 30.8 Å². The monoisotopic (exact) mass is 388 g/mol. The maximum Gasteiger partial charge on any atom is 0.227 e. The number of carbonyl (C=O) groups excluding carboxylic acids is 1. The van der Waals surface area contributed by atoms with Gasteiger partial charge in [-0.25, -0.2) is 13.9 Å². The van der Waals surface area contributed by atoms with Crippen molar-refractivity contribution >= 4 is 28.2 Å². The van der Waals surface area contributed by atoms with Crippen LogP contribution < -0.4 is 9.62 Å². The molecule has 1 N–H and O–H groups in total. The topological polar surface area (TPSA) is 66.7 Å². The van der Waals surface area contributed by atoms with Gasteiger partial charge in [0.15, 0.2) is 5.65 Å². The Kier molecular flexibility index (Phi) is 4.63. The molecule has 146 valence electrons. The first kappa shape index (κ1) is 18.6. The number of anilines is 1. The molecule has 0 bridgehead atoms. The lowest BCUT2D eigenvalue weighted by Crippen LogP contribution is -2.34. The first-order chi connectivity index (χ1) is 12.7. The van der Waals surface area contributed by atoms with Crippen LogP contribution in [0.1, 0.15) is 76.6 Å². The Morgan fingerprint density at radius 2 is 2.04 bits per heavy atom. The summed E-state index contributed by atoms with van der Waals surface area (Å²) in [4.78, 5) is 19.0. The number of nitrogens with zero attached hydrogens (tertiary/aromatic N) is 3. The average molecular weight is 389 g/mol. The molecule has 2 aromatic heterocycles. The number of hydrogen-bond donors (Lipinski definition) is 1. The highest BCUT2D eigenvalue weighted by Gasteiger charge is 2.30. The third-order valence-corrected chi connectivity index (χ3v) is 6.95. The summed E-state index contributed by atoms with van der Waals surface area (Å²) in [6.45, 7) is 8.59. The van der Waals surface area contributed by atoms with E-state index in [0.29, 0.717) is 12.3 Å². The lowest BCUT2D eigenvalue weighted by molar-refractivity contribution is -0.117. The van der Waals surface area contributed by atoms with Gasteiger partial charge in [-0.2, -0.15) is 0 Å². The molecule has 0 spiro atoms. The second-order valence-electron chi connectivity index (χ2n) is 8.70. The SMILES string of the molecule is C[C@@H](NS(=O)C(C)(C)C)c1cn2cc(C3CC3)cc(N3CCCC3=O)c2n1. The summed E-state index contributed by atoms with van der Waals surface area (Å²) < 4.78 is 17.3. The molecule has 2 fully saturated rings. The molecular weight excluding hydrogens is 360 g/mol. The van der Waals surface area contributed by atoms with Gasteiger partial charge in [0.25, 0.3) is 0 Å². The number of carbonyl (C=O) groups is 1. The number of pyridine rings is 1. The molecule has 2 aliphatic rings. The molecule has 2 atom stereocenters. The number of amides is 1. The minimum Gasteiger partial charge on any atom is -0.309 e. The van der Waals surface area contributed by atoms with Crippen molar-refractivity contribution in [2.45, 2.75) is 70.1 Å². The average Bonchev–Trinajstić information content (AvgIpc) is 3.21. The van der Waals surface area contributed by atoms with Crippen molar-refractivity contribution < 1.29 is 9.00 Å². The normalized spacial score (nSPS) is 20.4. The lowest BCUT2D eigenvalue weighted by atomic mass is 10.1. The van der Waals surface area contributed by atoms with Crippen molar-refractivity contribution in [3.05, 3.63) is 29.7 Å². The minimum absolute atomic E-state index is 0.142. The van der Waals surface area contributed by atoms with E-state index in [-0.39, 0.29) is 16.7 Å². The predicted molar refractivity (Wildman–Crippen MR) is 108 cm³/mol. The van der Waals surface area contributed by atoms with Crippen LogP contribution in [0.4, 0.5) is 5.69 Å². The first-order valence-corrected chi connectivity index (χ1v) is 10.9. The van der Waals surface area contributed by atoms with Crippen molar-refractivity contribution in [1.29, 1.82) is 0 Å². The van der Waals surface area contributed by atoms with Crippen molar-refractivity contribution in [2.75, 3.05) is 11.4 Å². The van der Waals surface area contributed by atoms with E-state index in [2.05, 4.69) is 17.0 Å². The van der Waals surface area contributed by atoms with Gasteiger partial charge in [0, 0.05) is 25.4 Å². The molecule has 1 aliphatic carbocycles. The molecule has 4 rings (SSSR count). The van der Waals surface area contributed by atoms with E-state index >= 15 is 0 Å². The Hall–Kier alpha value is -1.73. The molecular formula is C20H28N4O2S. The molecule has 6 nitrogen and oxygen atoms in total. The van der Waals surface area contributed by atoms with Crippen LogP contribution >= 0.6 is 0 Å². The van der Waals surface area contributed by atoms with Gasteiger partial charge in [0.1, 0.15) is 0 Å². The molecule has 1 aliphatic heterocycles. The second kappa shape index (κ2) is 6.71. The molecule has 27 heavy (non-hydrogen) atoms. The largest absolute Gasteiger partial charge is 0.309 e. The Morgan fingerprint density at radius 1 is 1.30 bits per heavy atom. The van der Waals surface area contributed by atoms with Gasteiger partial charge in [-0.05, 0) is 64.5 Å². The van der Waals surface area contributed by atoms with Gasteiger partial charge < -0.3 is 9.30 Å². The van der Waals surface area contributed by atoms with Gasteiger partial charge in [-0.1, -0.05) is 0 Å². The second-order valence-corrected chi connectivity index (χ2v) is 10.7. The van der Waals surface area contributed by atoms with E-state index < -0.39 is 11.0 Å². The number of hydrogen-bond acceptors (Lipinski definition) is 3. The summed E-state index contributed by atoms with van der Waals surface area (Å²) in [6.07, 6.45) is 8.07. The fourth-order valence-corrected chi connectivity index (χ4v) is 4.26. The standard InChI is InChI=1S/C20H28N4O2S/c1-13(22-27(26)20(2,3)4)16-12-23-11-15(14-7-8-14)10-17(19(23)21-16)24-9-5-6-18(24)25/h10-14,22H,5-9H2,1-4H3/t13-,27?/m1/s1. The highest BCUT2D eigenvalue weighted by molar-refractivity contribution is 7.84. The molecule has 0 aromatic carbocycles. The van der Waals surface area contributed by atoms with Gasteiger partial charge in [-0.3, -0.25) is 4.79 Å². The number of imidazole rings is 1. The van der Waals surface area contributed by atoms with Crippen molar-refractivity contribution in [2.24, 2.45) is 0 Å². The molecule has 3 heterocycles. The quantitative estimate of drug-likeness (QED) is 0.853. The highest BCUT2D eigenvalue weighted by atomic mass is 32.2. The zero-order valence-corrected chi connectivity index (χ0v) is 17.3. The van der Waals surface area contributed by atoms with Crippen LogP contribution in [0.15, 0.2) is 18.5 Å². The minimum atomic E-state index is -1.17. The van der Waals surface area contributed by atoms with Gasteiger partial charge in [0.2, 0.25) is 5.91 Å². The zero-order valence-electron chi connectivity index (χ0n) is 16.5. The summed E-state index contributed by atoms with van der Waals surface area (Å²) in [6, 6.07) is 2.01. The van der Waals surface area contributed by atoms with Crippen LogP contribution in [-0.2, 0) is 15.8 Å². The molecule has 1 amide bonds. The summed E-state index contributed by atoms with van der Waals surface area (Å²) in [5.41, 5.74) is 3.84. The smallest absolute Gasteiger partial charge is 0.227 e. The Bertz CT molecular complexity index is 911. The van der Waals surface area contributed by atoms with Crippen LogP contribution in [0.2, 0.25) is 0 Å². The van der Waals surface area contributed by atoms with Gasteiger partial charge >= 0.3 is 0 Å². The molecule has 1 unspecified atom stereocenters. The number of nitrogens with one attached hydrogen (secondary N) is 1. The molecule has 0 radical (unpaired) electrons. The first-order valence-electron chi connectivity index (χ1n) is 9.75. The summed E-state index contributed by atoms with van der Waals surface area (Å²) in [7, 11) is -1.17. The van der Waals surface area contributed by atoms with E-state index in [1.54, 1.807) is 0 Å². The van der Waals surface area contributed by atoms with Crippen molar-refractivity contribution in [1.82, 2.24) is 14.1 Å². The predicted octanol–water partition coefficient (Wildman–Crippen LogP) is 3.45. The summed E-state index contributed by atoms with van der Waals surface area (Å²) in [5.74, 6) is 0.773. The van der Waals surface area contributed by atoms with E-state index in [0.717, 1.165) is 30.0 Å². The van der Waals surface area contributed by atoms with Crippen LogP contribution in [0.3, 0.4) is 0 Å². The van der Waals surface area contributed by atoms with Crippen molar-refractivity contribution in [3.63, 3.8) is 0 Å². The molecule has 1 saturated carbocycles. The highest BCUT2D eigenvalue weighted by Crippen LogP contribution is 2.42. The fraction of sp³-hybridized carbons (Fsp3) is 0.600. The van der Waals surface area contributed by atoms with Gasteiger partial charge in [-0.15, -0.1) is 0 Å². The van der Waals surface area contributed by atoms with E-state index in [1.165, 1.54) is 18.4 Å². The number of fused-ring (bicyclic) bond motifs is 1. The molecule has 2 aromatic rings. The molecule has 7 heteroatoms. The number of rotatable bonds is 5. The fourth-order valence-electron chi connectivity index (χ4n) is 3.47. The summed E-state index contributed by atoms with van der Waals surface area (Å²) >= 11 is 0. The van der Waals surface area contributed by atoms with Crippen LogP contribution in [0.5, 0.6) is 0 Å². The number of aromatic nitrogens is 2. The lowest BCUT2D eigenvalue weighted by Gasteiger charge is -2.21. The van der Waals surface area contributed by atoms with Gasteiger partial charge in [0.05, 0.1) is 33.2 Å². The van der Waals surface area contributed by atoms with E-state index in [9.17, 15) is 9.00 Å². The third kappa shape index (κ3) is 3.67. The van der Waals surface area contributed by atoms with Crippen LogP contribution in [0, 0.1) is 0 Å². The van der Waals surface area contributed by atoms with Crippen molar-refractivity contribution in [3.8, 4) is 0 Å². The maximum absolute atomic E-state index is 12.4. The Labute approximate surface area is 162 Å². The van der Waals surface area contributed by atoms with E-state index in [1.807, 2.05) is 43.2 Å². The van der Waals surface area contributed by atoms with E-state index in [4.69, 9.17) is 4.98 Å². The maximum atomic E-state index is 12.4. The Balaban J connectivity index is 1.72. The Morgan fingerprint density at radius 3 is 2.63 bits per heavy atom. The zero-order chi connectivity index (χ0) is 19.3. The third-order valence-electron chi connectivity index (χ3n) is 5.27. The summed E-state index contributed by atoms with van der Waals surface area (Å²) in [5, 5.41) is 0. The van der Waals surface area contributed by atoms with Crippen LogP contribution in [0.25, 0.3) is 5.65 Å². The molecule has 1 saturated heterocycles.